The number of rotatable bonds is 4. The van der Waals surface area contributed by atoms with Crippen LogP contribution in [0.1, 0.15) is 30.0 Å². The van der Waals surface area contributed by atoms with Crippen LogP contribution in [-0.4, -0.2) is 40.6 Å². The van der Waals surface area contributed by atoms with Gasteiger partial charge in [0.25, 0.3) is 0 Å². The summed E-state index contributed by atoms with van der Waals surface area (Å²) in [5, 5.41) is 10.7. The topological polar surface area (TPSA) is 61.0 Å². The molecule has 1 saturated heterocycles. The smallest absolute Gasteiger partial charge is 0.238 e. The number of hydrogen-bond acceptors (Lipinski definition) is 3. The monoisotopic (exact) mass is 332 g/mol. The molecule has 3 rings (SSSR count). The van der Waals surface area contributed by atoms with Crippen LogP contribution in [0, 0.1) is 6.92 Å². The summed E-state index contributed by atoms with van der Waals surface area (Å²) in [5.74, 6) is 0.439. The number of amides is 1. The Labute approximate surface area is 141 Å². The Hall–Kier alpha value is -1.85. The molecule has 1 amide bonds. The number of nitrogens with zero attached hydrogens (tertiary/aromatic N) is 2. The molecule has 1 unspecified atom stereocenters. The van der Waals surface area contributed by atoms with E-state index in [2.05, 4.69) is 20.4 Å². The molecule has 2 aromatic rings. The van der Waals surface area contributed by atoms with Crippen molar-refractivity contribution in [2.75, 3.05) is 25.0 Å². The highest BCUT2D eigenvalue weighted by molar-refractivity contribution is 6.31. The predicted molar refractivity (Wildman–Crippen MR) is 91.8 cm³/mol. The fourth-order valence-corrected chi connectivity index (χ4v) is 3.19. The summed E-state index contributed by atoms with van der Waals surface area (Å²) in [5.41, 5.74) is 2.91. The number of H-pyrrole nitrogens is 1. The third kappa shape index (κ3) is 4.12. The zero-order valence-corrected chi connectivity index (χ0v) is 13.9. The number of aryl methyl sites for hydroxylation is 1. The number of nitrogens with one attached hydrogen (secondary N) is 2. The van der Waals surface area contributed by atoms with Gasteiger partial charge in [0.05, 0.1) is 6.54 Å². The number of aromatic amines is 1. The minimum atomic E-state index is 0.0111. The van der Waals surface area contributed by atoms with Crippen molar-refractivity contribution in [3.05, 3.63) is 46.7 Å². The highest BCUT2D eigenvalue weighted by Crippen LogP contribution is 2.25. The van der Waals surface area contributed by atoms with Crippen LogP contribution in [0.25, 0.3) is 0 Å². The van der Waals surface area contributed by atoms with Crippen LogP contribution < -0.4 is 5.32 Å². The fraction of sp³-hybridized carbons (Fsp3) is 0.412. The molecule has 1 aliphatic rings. The van der Waals surface area contributed by atoms with Gasteiger partial charge in [-0.15, -0.1) is 0 Å². The number of halogens is 1. The Bertz CT molecular complexity index is 671. The van der Waals surface area contributed by atoms with Crippen molar-refractivity contribution >= 4 is 23.2 Å². The van der Waals surface area contributed by atoms with Crippen LogP contribution in [0.4, 0.5) is 5.69 Å². The molecule has 2 heterocycles. The van der Waals surface area contributed by atoms with E-state index < -0.39 is 0 Å². The van der Waals surface area contributed by atoms with E-state index >= 15 is 0 Å². The highest BCUT2D eigenvalue weighted by atomic mass is 35.5. The number of carbonyl (C=O) groups is 1. The molecule has 5 nitrogen and oxygen atoms in total. The van der Waals surface area contributed by atoms with Gasteiger partial charge >= 0.3 is 0 Å². The quantitative estimate of drug-likeness (QED) is 0.904. The van der Waals surface area contributed by atoms with Gasteiger partial charge in [0.1, 0.15) is 0 Å². The molecule has 1 aliphatic heterocycles. The van der Waals surface area contributed by atoms with Crippen LogP contribution in [0.5, 0.6) is 0 Å². The van der Waals surface area contributed by atoms with Crippen molar-refractivity contribution in [2.45, 2.75) is 25.7 Å². The van der Waals surface area contributed by atoms with E-state index in [9.17, 15) is 4.79 Å². The van der Waals surface area contributed by atoms with Crippen LogP contribution in [0.2, 0.25) is 5.02 Å². The molecule has 122 valence electrons. The van der Waals surface area contributed by atoms with Gasteiger partial charge in [0, 0.05) is 35.1 Å². The SMILES string of the molecule is Cc1cc(NC(=O)CN2CCCC(c3ccn[nH]3)C2)ccc1Cl. The molecular formula is C17H21ClN4O. The van der Waals surface area contributed by atoms with Gasteiger partial charge in [-0.3, -0.25) is 14.8 Å². The van der Waals surface area contributed by atoms with E-state index in [-0.39, 0.29) is 5.91 Å². The van der Waals surface area contributed by atoms with Crippen LogP contribution in [0.15, 0.2) is 30.5 Å². The summed E-state index contributed by atoms with van der Waals surface area (Å²) < 4.78 is 0. The van der Waals surface area contributed by atoms with Gasteiger partial charge in [-0.1, -0.05) is 11.6 Å². The molecule has 2 N–H and O–H groups in total. The maximum atomic E-state index is 12.3. The molecule has 0 radical (unpaired) electrons. The Morgan fingerprint density at radius 1 is 1.48 bits per heavy atom. The molecule has 1 aromatic heterocycles. The molecule has 0 spiro atoms. The molecule has 1 fully saturated rings. The van der Waals surface area contributed by atoms with Crippen molar-refractivity contribution in [1.82, 2.24) is 15.1 Å². The number of hydrogen-bond donors (Lipinski definition) is 2. The zero-order valence-electron chi connectivity index (χ0n) is 13.2. The Morgan fingerprint density at radius 3 is 3.09 bits per heavy atom. The average molecular weight is 333 g/mol. The number of carbonyl (C=O) groups excluding carboxylic acids is 1. The van der Waals surface area contributed by atoms with E-state index in [1.54, 1.807) is 6.20 Å². The largest absolute Gasteiger partial charge is 0.325 e. The van der Waals surface area contributed by atoms with Gasteiger partial charge in [-0.05, 0) is 56.1 Å². The summed E-state index contributed by atoms with van der Waals surface area (Å²) >= 11 is 6.01. The summed E-state index contributed by atoms with van der Waals surface area (Å²) in [6.45, 7) is 4.18. The Kier molecular flexibility index (Phi) is 4.98. The minimum Gasteiger partial charge on any atom is -0.325 e. The molecule has 6 heteroatoms. The standard InChI is InChI=1S/C17H21ClN4O/c1-12-9-14(4-5-15(12)18)20-17(23)11-22-8-2-3-13(10-22)16-6-7-19-21-16/h4-7,9,13H,2-3,8,10-11H2,1H3,(H,19,21)(H,20,23). The first-order valence-corrected chi connectivity index (χ1v) is 8.27. The molecule has 0 bridgehead atoms. The normalized spacial score (nSPS) is 18.8. The fourth-order valence-electron chi connectivity index (χ4n) is 3.07. The molecular weight excluding hydrogens is 312 g/mol. The molecule has 23 heavy (non-hydrogen) atoms. The second-order valence-electron chi connectivity index (χ2n) is 6.10. The highest BCUT2D eigenvalue weighted by Gasteiger charge is 2.23. The Balaban J connectivity index is 1.55. The Morgan fingerprint density at radius 2 is 2.35 bits per heavy atom. The third-order valence-electron chi connectivity index (χ3n) is 4.28. The second kappa shape index (κ2) is 7.15. The number of aromatic nitrogens is 2. The summed E-state index contributed by atoms with van der Waals surface area (Å²) in [7, 11) is 0. The summed E-state index contributed by atoms with van der Waals surface area (Å²) in [6, 6.07) is 7.55. The lowest BCUT2D eigenvalue weighted by molar-refractivity contribution is -0.117. The van der Waals surface area contributed by atoms with Gasteiger partial charge in [0.2, 0.25) is 5.91 Å². The average Bonchev–Trinajstić information content (AvgIpc) is 3.05. The minimum absolute atomic E-state index is 0.0111. The molecule has 1 atom stereocenters. The van der Waals surface area contributed by atoms with Crippen LogP contribution in [0.3, 0.4) is 0 Å². The lowest BCUT2D eigenvalue weighted by Gasteiger charge is -2.31. The van der Waals surface area contributed by atoms with Crippen molar-refractivity contribution in [2.24, 2.45) is 0 Å². The number of piperidine rings is 1. The van der Waals surface area contributed by atoms with E-state index in [0.717, 1.165) is 42.9 Å². The van der Waals surface area contributed by atoms with Crippen LogP contribution in [-0.2, 0) is 4.79 Å². The van der Waals surface area contributed by atoms with E-state index in [1.165, 1.54) is 0 Å². The van der Waals surface area contributed by atoms with Crippen molar-refractivity contribution in [3.8, 4) is 0 Å². The third-order valence-corrected chi connectivity index (χ3v) is 4.70. The summed E-state index contributed by atoms with van der Waals surface area (Å²) in [4.78, 5) is 14.5. The van der Waals surface area contributed by atoms with Gasteiger partial charge < -0.3 is 5.32 Å². The van der Waals surface area contributed by atoms with Gasteiger partial charge in [0.15, 0.2) is 0 Å². The first kappa shape index (κ1) is 16.0. The van der Waals surface area contributed by atoms with E-state index in [4.69, 9.17) is 11.6 Å². The molecule has 1 aromatic carbocycles. The molecule has 0 aliphatic carbocycles. The van der Waals surface area contributed by atoms with Gasteiger partial charge in [-0.2, -0.15) is 5.10 Å². The number of likely N-dealkylation sites (tertiary alicyclic amines) is 1. The lowest BCUT2D eigenvalue weighted by atomic mass is 9.95. The maximum Gasteiger partial charge on any atom is 0.238 e. The summed E-state index contributed by atoms with van der Waals surface area (Å²) in [6.07, 6.45) is 4.01. The van der Waals surface area contributed by atoms with Crippen molar-refractivity contribution < 1.29 is 4.79 Å². The zero-order chi connectivity index (χ0) is 16.2. The van der Waals surface area contributed by atoms with Gasteiger partial charge in [-0.25, -0.2) is 0 Å². The van der Waals surface area contributed by atoms with Crippen molar-refractivity contribution in [3.63, 3.8) is 0 Å². The van der Waals surface area contributed by atoms with Crippen LogP contribution >= 0.6 is 11.6 Å². The first-order valence-electron chi connectivity index (χ1n) is 7.89. The van der Waals surface area contributed by atoms with E-state index in [1.807, 2.05) is 31.2 Å². The number of anilines is 1. The predicted octanol–water partition coefficient (Wildman–Crippen LogP) is 3.19. The first-order chi connectivity index (χ1) is 11.1. The maximum absolute atomic E-state index is 12.3. The second-order valence-corrected chi connectivity index (χ2v) is 6.51. The van der Waals surface area contributed by atoms with E-state index in [0.29, 0.717) is 17.5 Å². The molecule has 0 saturated carbocycles. The number of benzene rings is 1. The lowest BCUT2D eigenvalue weighted by Crippen LogP contribution is -2.39. The van der Waals surface area contributed by atoms with Crippen molar-refractivity contribution in [1.29, 1.82) is 0 Å².